The molecular weight excluding hydrogens is 348 g/mol. The number of nitrogens with one attached hydrogen (secondary N) is 1. The third kappa shape index (κ3) is 3.54. The number of nitrogens with zero attached hydrogens (tertiary/aromatic N) is 1. The fourth-order valence-corrected chi connectivity index (χ4v) is 3.44. The molecule has 0 saturated heterocycles. The van der Waals surface area contributed by atoms with Gasteiger partial charge in [0.25, 0.3) is 11.8 Å². The molecule has 0 aromatic heterocycles. The van der Waals surface area contributed by atoms with Crippen LogP contribution in [0.4, 0.5) is 5.69 Å². The van der Waals surface area contributed by atoms with Crippen LogP contribution < -0.4 is 5.32 Å². The van der Waals surface area contributed by atoms with Gasteiger partial charge in [-0.25, -0.2) is 0 Å². The summed E-state index contributed by atoms with van der Waals surface area (Å²) in [5, 5.41) is 4.83. The maximum absolute atomic E-state index is 12.9. The number of carbonyl (C=O) groups excluding carboxylic acids is 2. The van der Waals surface area contributed by atoms with Crippen LogP contribution in [0.3, 0.4) is 0 Å². The highest BCUT2D eigenvalue weighted by Crippen LogP contribution is 2.30. The Labute approximate surface area is 165 Å². The fourth-order valence-electron chi connectivity index (χ4n) is 3.44. The monoisotopic (exact) mass is 372 g/mol. The van der Waals surface area contributed by atoms with Crippen LogP contribution in [0.2, 0.25) is 0 Å². The zero-order chi connectivity index (χ0) is 20.1. The van der Waals surface area contributed by atoms with Gasteiger partial charge >= 0.3 is 0 Å². The van der Waals surface area contributed by atoms with Gasteiger partial charge in [-0.1, -0.05) is 68.5 Å². The summed E-state index contributed by atoms with van der Waals surface area (Å²) in [7, 11) is 0. The largest absolute Gasteiger partial charge is 0.331 e. The molecule has 0 bridgehead atoms. The van der Waals surface area contributed by atoms with E-state index in [9.17, 15) is 9.59 Å². The van der Waals surface area contributed by atoms with Gasteiger partial charge in [-0.15, -0.1) is 6.58 Å². The van der Waals surface area contributed by atoms with Crippen molar-refractivity contribution < 1.29 is 9.59 Å². The number of rotatable bonds is 4. The molecule has 3 aromatic carbocycles. The molecule has 1 heterocycles. The van der Waals surface area contributed by atoms with Gasteiger partial charge in [0, 0.05) is 18.7 Å². The van der Waals surface area contributed by atoms with Gasteiger partial charge in [0.1, 0.15) is 0 Å². The molecule has 0 radical (unpaired) electrons. The molecule has 28 heavy (non-hydrogen) atoms. The second-order valence-electron chi connectivity index (χ2n) is 6.29. The van der Waals surface area contributed by atoms with Crippen molar-refractivity contribution in [3.05, 3.63) is 90.0 Å². The molecule has 0 unspecified atom stereocenters. The van der Waals surface area contributed by atoms with Crippen LogP contribution in [-0.4, -0.2) is 23.3 Å². The smallest absolute Gasteiger partial charge is 0.256 e. The van der Waals surface area contributed by atoms with Crippen molar-refractivity contribution in [2.24, 2.45) is 0 Å². The Balaban J connectivity index is 0.00000109. The van der Waals surface area contributed by atoms with E-state index in [-0.39, 0.29) is 11.8 Å². The van der Waals surface area contributed by atoms with Crippen molar-refractivity contribution in [3.8, 4) is 0 Å². The Bertz CT molecular complexity index is 1030. The van der Waals surface area contributed by atoms with Crippen molar-refractivity contribution in [3.63, 3.8) is 0 Å². The number of hydrogen-bond acceptors (Lipinski definition) is 2. The number of amides is 2. The molecule has 0 aliphatic carbocycles. The van der Waals surface area contributed by atoms with E-state index in [4.69, 9.17) is 0 Å². The summed E-state index contributed by atoms with van der Waals surface area (Å²) in [6, 6.07) is 19.0. The quantitative estimate of drug-likeness (QED) is 0.635. The van der Waals surface area contributed by atoms with Crippen LogP contribution in [0.5, 0.6) is 0 Å². The summed E-state index contributed by atoms with van der Waals surface area (Å²) < 4.78 is 0. The molecule has 0 spiro atoms. The van der Waals surface area contributed by atoms with Crippen molar-refractivity contribution in [1.82, 2.24) is 4.90 Å². The lowest BCUT2D eigenvalue weighted by molar-refractivity contribution is 0.0797. The maximum atomic E-state index is 12.9. The van der Waals surface area contributed by atoms with Crippen LogP contribution in [0, 0.1) is 0 Å². The number of fused-ring (bicyclic) bond motifs is 2. The van der Waals surface area contributed by atoms with Crippen LogP contribution in [0.15, 0.2) is 73.3 Å². The van der Waals surface area contributed by atoms with E-state index in [1.54, 1.807) is 23.1 Å². The minimum absolute atomic E-state index is 0.0753. The molecule has 0 saturated carbocycles. The van der Waals surface area contributed by atoms with Crippen LogP contribution in [-0.2, 0) is 6.54 Å². The minimum atomic E-state index is -0.217. The van der Waals surface area contributed by atoms with E-state index in [2.05, 4.69) is 11.9 Å². The first-order chi connectivity index (χ1) is 13.7. The molecular formula is C24H24N2O2. The molecule has 0 atom stereocenters. The standard InChI is InChI=1S/C22H18N2O2.C2H6/c1-2-13-24-14-16-9-6-12-19(20(16)22(24)26)23-21(25)18-11-5-8-15-7-3-4-10-17(15)18;1-2/h2-12H,1,13-14H2,(H,23,25);1-2H3. The first kappa shape index (κ1) is 19.4. The molecule has 2 amide bonds. The second-order valence-corrected chi connectivity index (χ2v) is 6.29. The fraction of sp³-hybridized carbons (Fsp3) is 0.167. The normalized spacial score (nSPS) is 12.2. The van der Waals surface area contributed by atoms with Gasteiger partial charge < -0.3 is 10.2 Å². The SMILES string of the molecule is C=CCN1Cc2cccc(NC(=O)c3cccc4ccccc34)c2C1=O.CC. The predicted molar refractivity (Wildman–Crippen MR) is 115 cm³/mol. The Morgan fingerprint density at radius 1 is 1.07 bits per heavy atom. The van der Waals surface area contributed by atoms with Gasteiger partial charge in [-0.3, -0.25) is 9.59 Å². The van der Waals surface area contributed by atoms with Crippen LogP contribution in [0.1, 0.15) is 40.1 Å². The van der Waals surface area contributed by atoms with Gasteiger partial charge in [-0.05, 0) is 28.5 Å². The van der Waals surface area contributed by atoms with Crippen molar-refractivity contribution in [2.75, 3.05) is 11.9 Å². The van der Waals surface area contributed by atoms with E-state index in [0.29, 0.717) is 29.9 Å². The summed E-state index contributed by atoms with van der Waals surface area (Å²) >= 11 is 0. The lowest BCUT2D eigenvalue weighted by Gasteiger charge is -2.13. The van der Waals surface area contributed by atoms with Gasteiger partial charge in [0.05, 0.1) is 11.3 Å². The predicted octanol–water partition coefficient (Wildman–Crippen LogP) is 5.26. The number of anilines is 1. The second kappa shape index (κ2) is 8.53. The molecule has 1 aliphatic rings. The topological polar surface area (TPSA) is 49.4 Å². The highest BCUT2D eigenvalue weighted by molar-refractivity contribution is 6.15. The molecule has 4 nitrogen and oxygen atoms in total. The van der Waals surface area contributed by atoms with Crippen molar-refractivity contribution >= 4 is 28.3 Å². The third-order valence-corrected chi connectivity index (χ3v) is 4.64. The maximum Gasteiger partial charge on any atom is 0.256 e. The lowest BCUT2D eigenvalue weighted by atomic mass is 10.0. The summed E-state index contributed by atoms with van der Waals surface area (Å²) in [4.78, 5) is 27.3. The summed E-state index contributed by atoms with van der Waals surface area (Å²) in [6.07, 6.45) is 1.71. The van der Waals surface area contributed by atoms with Gasteiger partial charge in [0.15, 0.2) is 0 Å². The zero-order valence-electron chi connectivity index (χ0n) is 16.2. The van der Waals surface area contributed by atoms with E-state index in [1.807, 2.05) is 62.4 Å². The average Bonchev–Trinajstić information content (AvgIpc) is 3.06. The highest BCUT2D eigenvalue weighted by atomic mass is 16.2. The van der Waals surface area contributed by atoms with E-state index < -0.39 is 0 Å². The number of benzene rings is 3. The lowest BCUT2D eigenvalue weighted by Crippen LogP contribution is -2.24. The molecule has 3 aromatic rings. The van der Waals surface area contributed by atoms with E-state index in [1.165, 1.54) is 0 Å². The summed E-state index contributed by atoms with van der Waals surface area (Å²) in [6.45, 7) is 8.73. The van der Waals surface area contributed by atoms with E-state index in [0.717, 1.165) is 16.3 Å². The summed E-state index contributed by atoms with van der Waals surface area (Å²) in [5.41, 5.74) is 2.64. The first-order valence-corrected chi connectivity index (χ1v) is 9.50. The minimum Gasteiger partial charge on any atom is -0.331 e. The van der Waals surface area contributed by atoms with Gasteiger partial charge in [-0.2, -0.15) is 0 Å². The molecule has 142 valence electrons. The Morgan fingerprint density at radius 3 is 2.57 bits per heavy atom. The zero-order valence-corrected chi connectivity index (χ0v) is 16.2. The average molecular weight is 372 g/mol. The molecule has 1 aliphatic heterocycles. The highest BCUT2D eigenvalue weighted by Gasteiger charge is 2.29. The van der Waals surface area contributed by atoms with Crippen LogP contribution in [0.25, 0.3) is 10.8 Å². The number of carbonyl (C=O) groups is 2. The Morgan fingerprint density at radius 2 is 1.79 bits per heavy atom. The number of hydrogen-bond donors (Lipinski definition) is 1. The van der Waals surface area contributed by atoms with Crippen molar-refractivity contribution in [2.45, 2.75) is 20.4 Å². The molecule has 0 fully saturated rings. The van der Waals surface area contributed by atoms with Crippen molar-refractivity contribution in [1.29, 1.82) is 0 Å². The molecule has 4 rings (SSSR count). The van der Waals surface area contributed by atoms with Crippen LogP contribution >= 0.6 is 0 Å². The summed E-state index contributed by atoms with van der Waals surface area (Å²) in [5.74, 6) is -0.293. The molecule has 1 N–H and O–H groups in total. The third-order valence-electron chi connectivity index (χ3n) is 4.64. The van der Waals surface area contributed by atoms with E-state index >= 15 is 0 Å². The first-order valence-electron chi connectivity index (χ1n) is 9.50. The molecule has 4 heteroatoms. The Kier molecular flexibility index (Phi) is 5.90. The Hall–Kier alpha value is -3.40. The van der Waals surface area contributed by atoms with Gasteiger partial charge in [0.2, 0.25) is 0 Å².